The summed E-state index contributed by atoms with van der Waals surface area (Å²) in [5.41, 5.74) is 13.3. The van der Waals surface area contributed by atoms with E-state index in [0.717, 1.165) is 27.9 Å². The van der Waals surface area contributed by atoms with Crippen LogP contribution in [0.3, 0.4) is 0 Å². The summed E-state index contributed by atoms with van der Waals surface area (Å²) in [6.45, 7) is 4.97. The van der Waals surface area contributed by atoms with Crippen molar-refractivity contribution < 1.29 is 22.7 Å². The topological polar surface area (TPSA) is 132 Å². The average molecular weight is 625 g/mol. The predicted octanol–water partition coefficient (Wildman–Crippen LogP) is 5.26. The summed E-state index contributed by atoms with van der Waals surface area (Å²) in [5, 5.41) is 12.1. The number of alkyl halides is 3. The van der Waals surface area contributed by atoms with Gasteiger partial charge in [0, 0.05) is 12.1 Å². The first kappa shape index (κ1) is 32.2. The van der Waals surface area contributed by atoms with Crippen LogP contribution < -0.4 is 21.2 Å². The van der Waals surface area contributed by atoms with Crippen LogP contribution in [0.4, 0.5) is 18.9 Å². The molecule has 4 N–H and O–H groups in total. The Morgan fingerprint density at radius 3 is 2.43 bits per heavy atom. The molecule has 3 aromatic carbocycles. The molecule has 1 aromatic heterocycles. The minimum absolute atomic E-state index is 0.123. The molecule has 0 atom stereocenters. The highest BCUT2D eigenvalue weighted by molar-refractivity contribution is 8.14. The fourth-order valence-electron chi connectivity index (χ4n) is 3.89. The van der Waals surface area contributed by atoms with Crippen LogP contribution in [-0.4, -0.2) is 57.3 Å². The van der Waals surface area contributed by atoms with E-state index >= 15 is 0 Å². The van der Waals surface area contributed by atoms with E-state index in [0.29, 0.717) is 36.2 Å². The zero-order valence-electron chi connectivity index (χ0n) is 24.0. The molecule has 0 unspecified atom stereocenters. The van der Waals surface area contributed by atoms with Crippen molar-refractivity contribution in [3.05, 3.63) is 89.7 Å². The molecule has 0 aliphatic rings. The van der Waals surface area contributed by atoms with E-state index in [-0.39, 0.29) is 17.4 Å². The van der Waals surface area contributed by atoms with Crippen LogP contribution in [0.15, 0.2) is 83.2 Å². The van der Waals surface area contributed by atoms with E-state index in [9.17, 15) is 18.0 Å². The molecule has 14 heteroatoms. The number of nitrogens with zero attached hydrogens (tertiary/aromatic N) is 5. The number of para-hydroxylation sites is 1. The lowest BCUT2D eigenvalue weighted by Crippen LogP contribution is -2.28. The third-order valence-electron chi connectivity index (χ3n) is 6.07. The second-order valence-electron chi connectivity index (χ2n) is 9.48. The number of aromatic nitrogens is 3. The van der Waals surface area contributed by atoms with Crippen molar-refractivity contribution in [1.82, 2.24) is 25.5 Å². The van der Waals surface area contributed by atoms with Crippen LogP contribution in [0, 0.1) is 13.8 Å². The summed E-state index contributed by atoms with van der Waals surface area (Å²) in [6.07, 6.45) is -0.951. The van der Waals surface area contributed by atoms with Crippen LogP contribution in [0.2, 0.25) is 0 Å². The lowest BCUT2D eigenvalue weighted by atomic mass is 10.1. The van der Waals surface area contributed by atoms with E-state index in [1.807, 2.05) is 56.3 Å². The first-order valence-electron chi connectivity index (χ1n) is 13.5. The third-order valence-corrected chi connectivity index (χ3v) is 6.93. The molecule has 0 bridgehead atoms. The van der Waals surface area contributed by atoms with Crippen molar-refractivity contribution in [3.8, 4) is 22.8 Å². The lowest BCUT2D eigenvalue weighted by Gasteiger charge is -2.09. The number of thioether (sulfide) groups is 1. The predicted molar refractivity (Wildman–Crippen MR) is 166 cm³/mol. The standard InChI is InChI=1S/C30H31F3N8O2S/c1-20-5-3-6-21(2)27(20)38-29(44-18-26(42)35-16-4-15-34)39-37-17-22-7-9-23(10-8-22)28-36-19-41(40-28)24-11-13-25(14-12-24)43-30(31,32)33/h3,5-14,17,19H,4,15-16,18,34H2,1-2H3,(H,35,42)(H,38,39)/b37-17+. The van der Waals surface area contributed by atoms with Crippen LogP contribution in [0.25, 0.3) is 17.1 Å². The van der Waals surface area contributed by atoms with Crippen LogP contribution >= 0.6 is 11.8 Å². The molecular formula is C30H31F3N8O2S. The maximum atomic E-state index is 12.4. The Balaban J connectivity index is 1.41. The largest absolute Gasteiger partial charge is 0.573 e. The Bertz CT molecular complexity index is 1580. The molecule has 230 valence electrons. The molecular weight excluding hydrogens is 593 g/mol. The molecule has 44 heavy (non-hydrogen) atoms. The first-order valence-corrected chi connectivity index (χ1v) is 14.5. The van der Waals surface area contributed by atoms with Crippen LogP contribution in [0.1, 0.15) is 23.1 Å². The van der Waals surface area contributed by atoms with Gasteiger partial charge in [0.1, 0.15) is 12.1 Å². The second kappa shape index (κ2) is 15.2. The van der Waals surface area contributed by atoms with Crippen molar-refractivity contribution in [1.29, 1.82) is 0 Å². The Morgan fingerprint density at radius 2 is 1.77 bits per heavy atom. The fourth-order valence-corrected chi connectivity index (χ4v) is 4.53. The number of hydrogen-bond acceptors (Lipinski definition) is 8. The number of nitrogens with one attached hydrogen (secondary N) is 2. The number of hydrazone groups is 1. The second-order valence-corrected chi connectivity index (χ2v) is 10.4. The van der Waals surface area contributed by atoms with E-state index in [1.165, 1.54) is 47.0 Å². The van der Waals surface area contributed by atoms with Gasteiger partial charge in [-0.15, -0.1) is 18.3 Å². The summed E-state index contributed by atoms with van der Waals surface area (Å²) in [5.74, 6) is 0.157. The van der Waals surface area contributed by atoms with Crippen molar-refractivity contribution in [2.24, 2.45) is 15.8 Å². The average Bonchev–Trinajstić information content (AvgIpc) is 3.48. The number of benzene rings is 3. The quantitative estimate of drug-likeness (QED) is 0.0898. The molecule has 0 spiro atoms. The van der Waals surface area contributed by atoms with Crippen LogP contribution in [-0.2, 0) is 4.79 Å². The molecule has 0 radical (unpaired) electrons. The SMILES string of the molecule is Cc1cccc(C)c1/N=C(/N/N=C/c1ccc(-c2ncn(-c3ccc(OC(F)(F)F)cc3)n2)cc1)SCC(=O)NCCCN. The van der Waals surface area contributed by atoms with Gasteiger partial charge in [0.15, 0.2) is 11.0 Å². The highest BCUT2D eigenvalue weighted by Crippen LogP contribution is 2.25. The zero-order valence-corrected chi connectivity index (χ0v) is 24.8. The molecule has 10 nitrogen and oxygen atoms in total. The summed E-state index contributed by atoms with van der Waals surface area (Å²) < 4.78 is 42.6. The number of amides is 1. The van der Waals surface area contributed by atoms with Gasteiger partial charge in [-0.1, -0.05) is 54.2 Å². The van der Waals surface area contributed by atoms with Crippen molar-refractivity contribution in [2.75, 3.05) is 18.8 Å². The maximum absolute atomic E-state index is 12.4. The fraction of sp³-hybridized carbons (Fsp3) is 0.233. The number of hydrogen-bond donors (Lipinski definition) is 3. The maximum Gasteiger partial charge on any atom is 0.573 e. The minimum Gasteiger partial charge on any atom is -0.406 e. The highest BCUT2D eigenvalue weighted by atomic mass is 32.2. The Kier molecular flexibility index (Phi) is 11.1. The van der Waals surface area contributed by atoms with Gasteiger partial charge in [0.25, 0.3) is 0 Å². The van der Waals surface area contributed by atoms with Gasteiger partial charge in [-0.05, 0) is 67.8 Å². The Hall–Kier alpha value is -4.69. The molecule has 0 aliphatic carbocycles. The number of aryl methyl sites for hydroxylation is 2. The number of amidine groups is 1. The van der Waals surface area contributed by atoms with Crippen molar-refractivity contribution in [2.45, 2.75) is 26.6 Å². The first-order chi connectivity index (χ1) is 21.1. The minimum atomic E-state index is -4.76. The molecule has 4 aromatic rings. The summed E-state index contributed by atoms with van der Waals surface area (Å²) in [6, 6.07) is 18.6. The van der Waals surface area contributed by atoms with Gasteiger partial charge in [-0.2, -0.15) is 5.10 Å². The van der Waals surface area contributed by atoms with Gasteiger partial charge >= 0.3 is 6.36 Å². The Labute approximate surface area is 256 Å². The van der Waals surface area contributed by atoms with E-state index in [4.69, 9.17) is 10.7 Å². The summed E-state index contributed by atoms with van der Waals surface area (Å²) in [4.78, 5) is 21.3. The normalized spacial score (nSPS) is 12.0. The van der Waals surface area contributed by atoms with Gasteiger partial charge in [-0.25, -0.2) is 14.7 Å². The molecule has 0 fully saturated rings. The van der Waals surface area contributed by atoms with E-state index < -0.39 is 6.36 Å². The Morgan fingerprint density at radius 1 is 1.07 bits per heavy atom. The van der Waals surface area contributed by atoms with Gasteiger partial charge in [-0.3, -0.25) is 10.2 Å². The van der Waals surface area contributed by atoms with Gasteiger partial charge < -0.3 is 15.8 Å². The van der Waals surface area contributed by atoms with Crippen LogP contribution in [0.5, 0.6) is 5.75 Å². The molecule has 1 heterocycles. The molecule has 0 saturated heterocycles. The van der Waals surface area contributed by atoms with Crippen molar-refractivity contribution >= 4 is 34.7 Å². The number of carbonyl (C=O) groups excluding carboxylic acids is 1. The van der Waals surface area contributed by atoms with Crippen molar-refractivity contribution in [3.63, 3.8) is 0 Å². The number of nitrogens with two attached hydrogens (primary N) is 1. The smallest absolute Gasteiger partial charge is 0.406 e. The summed E-state index contributed by atoms with van der Waals surface area (Å²) >= 11 is 1.24. The highest BCUT2D eigenvalue weighted by Gasteiger charge is 2.31. The monoisotopic (exact) mass is 624 g/mol. The van der Waals surface area contributed by atoms with Gasteiger partial charge in [0.2, 0.25) is 5.91 Å². The number of aliphatic imine (C=N–C) groups is 1. The number of halogens is 3. The number of carbonyl (C=O) groups is 1. The zero-order chi connectivity index (χ0) is 31.5. The van der Waals surface area contributed by atoms with E-state index in [2.05, 4.69) is 30.7 Å². The van der Waals surface area contributed by atoms with Gasteiger partial charge in [0.05, 0.1) is 23.3 Å². The molecule has 1 amide bonds. The molecule has 0 saturated carbocycles. The third kappa shape index (κ3) is 9.67. The molecule has 0 aliphatic heterocycles. The number of ether oxygens (including phenoxy) is 1. The lowest BCUT2D eigenvalue weighted by molar-refractivity contribution is -0.274. The summed E-state index contributed by atoms with van der Waals surface area (Å²) in [7, 11) is 0. The van der Waals surface area contributed by atoms with E-state index in [1.54, 1.807) is 6.21 Å². The number of rotatable bonds is 11. The molecule has 4 rings (SSSR count).